The van der Waals surface area contributed by atoms with Crippen LogP contribution >= 0.6 is 23.4 Å². The molecule has 0 aliphatic carbocycles. The van der Waals surface area contributed by atoms with Gasteiger partial charge in [-0.1, -0.05) is 61.0 Å². The van der Waals surface area contributed by atoms with Crippen molar-refractivity contribution in [2.75, 3.05) is 5.75 Å². The molecule has 2 heterocycles. The molecule has 2 aromatic carbocycles. The number of aromatic nitrogens is 2. The zero-order chi connectivity index (χ0) is 21.8. The minimum atomic E-state index is -0.210. The van der Waals surface area contributed by atoms with Gasteiger partial charge in [-0.25, -0.2) is 4.98 Å². The van der Waals surface area contributed by atoms with E-state index < -0.39 is 0 Å². The number of nitrogens with zero attached hydrogens (tertiary/aromatic N) is 2. The van der Waals surface area contributed by atoms with Crippen LogP contribution in [0.25, 0.3) is 22.1 Å². The lowest BCUT2D eigenvalue weighted by atomic mass is 10.2. The molecule has 0 aliphatic heterocycles. The fraction of sp³-hybridized carbons (Fsp3) is 0.261. The van der Waals surface area contributed by atoms with E-state index in [0.29, 0.717) is 34.4 Å². The molecule has 160 valence electrons. The highest BCUT2D eigenvalue weighted by molar-refractivity contribution is 7.99. The molecule has 0 atom stereocenters. The highest BCUT2D eigenvalue weighted by Gasteiger charge is 2.18. The molecule has 0 saturated heterocycles. The average molecular weight is 456 g/mol. The Kier molecular flexibility index (Phi) is 6.63. The van der Waals surface area contributed by atoms with Crippen LogP contribution in [0.4, 0.5) is 0 Å². The molecular weight excluding hydrogens is 434 g/mol. The summed E-state index contributed by atoms with van der Waals surface area (Å²) >= 11 is 7.15. The van der Waals surface area contributed by atoms with E-state index in [2.05, 4.69) is 12.2 Å². The van der Waals surface area contributed by atoms with Gasteiger partial charge in [-0.05, 0) is 36.2 Å². The predicted octanol–water partition coefficient (Wildman–Crippen LogP) is 5.00. The molecule has 1 amide bonds. The van der Waals surface area contributed by atoms with Crippen LogP contribution in [0.3, 0.4) is 0 Å². The monoisotopic (exact) mass is 455 g/mol. The third-order valence-electron chi connectivity index (χ3n) is 4.92. The van der Waals surface area contributed by atoms with Gasteiger partial charge in [-0.3, -0.25) is 14.2 Å². The first-order valence-corrected chi connectivity index (χ1v) is 11.5. The van der Waals surface area contributed by atoms with Crippen molar-refractivity contribution in [1.29, 1.82) is 0 Å². The highest BCUT2D eigenvalue weighted by atomic mass is 35.5. The summed E-state index contributed by atoms with van der Waals surface area (Å²) in [6.07, 6.45) is 1.78. The lowest BCUT2D eigenvalue weighted by molar-refractivity contribution is -0.118. The van der Waals surface area contributed by atoms with Crippen molar-refractivity contribution in [2.24, 2.45) is 0 Å². The third-order valence-corrected chi connectivity index (χ3v) is 6.15. The van der Waals surface area contributed by atoms with E-state index in [1.807, 2.05) is 36.4 Å². The fourth-order valence-corrected chi connectivity index (χ4v) is 4.24. The maximum atomic E-state index is 13.1. The first-order valence-electron chi connectivity index (χ1n) is 10.1. The number of carbonyl (C=O) groups is 1. The van der Waals surface area contributed by atoms with E-state index in [1.54, 1.807) is 16.7 Å². The van der Waals surface area contributed by atoms with Crippen LogP contribution in [0.1, 0.15) is 25.3 Å². The normalized spacial score (nSPS) is 11.3. The number of fused-ring (bicyclic) bond motifs is 3. The Bertz CT molecular complexity index is 1280. The number of carbonyl (C=O) groups excluding carboxylic acids is 1. The minimum absolute atomic E-state index is 0.131. The molecule has 8 heteroatoms. The number of benzene rings is 2. The second-order valence-corrected chi connectivity index (χ2v) is 8.55. The number of nitrogens with one attached hydrogen (secondary N) is 1. The van der Waals surface area contributed by atoms with Crippen molar-refractivity contribution in [3.05, 3.63) is 69.5 Å². The molecule has 0 bridgehead atoms. The number of halogens is 1. The van der Waals surface area contributed by atoms with Crippen LogP contribution in [-0.4, -0.2) is 21.2 Å². The Labute approximate surface area is 188 Å². The van der Waals surface area contributed by atoms with Gasteiger partial charge in [0, 0.05) is 23.5 Å². The summed E-state index contributed by atoms with van der Waals surface area (Å²) < 4.78 is 7.40. The van der Waals surface area contributed by atoms with E-state index in [0.717, 1.165) is 23.8 Å². The number of hydrogen-bond acceptors (Lipinski definition) is 5. The van der Waals surface area contributed by atoms with E-state index >= 15 is 0 Å². The Morgan fingerprint density at radius 1 is 1.19 bits per heavy atom. The molecular formula is C23H22ClN3O3S. The summed E-state index contributed by atoms with van der Waals surface area (Å²) in [6, 6.07) is 14.8. The van der Waals surface area contributed by atoms with Crippen LogP contribution in [0.2, 0.25) is 5.02 Å². The summed E-state index contributed by atoms with van der Waals surface area (Å²) in [4.78, 5) is 30.2. The lowest BCUT2D eigenvalue weighted by Gasteiger charge is -2.11. The molecule has 4 rings (SSSR count). The highest BCUT2D eigenvalue weighted by Crippen LogP contribution is 2.27. The van der Waals surface area contributed by atoms with Gasteiger partial charge in [0.1, 0.15) is 11.1 Å². The topological polar surface area (TPSA) is 77.1 Å². The molecule has 31 heavy (non-hydrogen) atoms. The molecule has 0 aliphatic rings. The van der Waals surface area contributed by atoms with E-state index in [-0.39, 0.29) is 22.8 Å². The maximum Gasteiger partial charge on any atom is 0.297 e. The fourth-order valence-electron chi connectivity index (χ4n) is 3.26. The number of rotatable bonds is 8. The first kappa shape index (κ1) is 21.5. The maximum absolute atomic E-state index is 13.1. The van der Waals surface area contributed by atoms with Crippen molar-refractivity contribution in [2.45, 2.75) is 38.0 Å². The van der Waals surface area contributed by atoms with Crippen molar-refractivity contribution >= 4 is 51.3 Å². The number of amides is 1. The van der Waals surface area contributed by atoms with Gasteiger partial charge in [0.25, 0.3) is 5.56 Å². The van der Waals surface area contributed by atoms with Crippen LogP contribution < -0.4 is 10.9 Å². The Morgan fingerprint density at radius 3 is 2.74 bits per heavy atom. The number of furan rings is 1. The van der Waals surface area contributed by atoms with Crippen LogP contribution in [0.5, 0.6) is 0 Å². The zero-order valence-corrected chi connectivity index (χ0v) is 18.6. The van der Waals surface area contributed by atoms with Crippen molar-refractivity contribution in [1.82, 2.24) is 14.9 Å². The Balaban J connectivity index is 1.56. The Hall–Kier alpha value is -2.77. The Morgan fingerprint density at radius 2 is 1.97 bits per heavy atom. The molecule has 0 fully saturated rings. The number of thioether (sulfide) groups is 1. The average Bonchev–Trinajstić information content (AvgIpc) is 3.16. The van der Waals surface area contributed by atoms with E-state index in [9.17, 15) is 9.59 Å². The molecule has 0 unspecified atom stereocenters. The number of para-hydroxylation sites is 1. The summed E-state index contributed by atoms with van der Waals surface area (Å²) in [5.41, 5.74) is 2.18. The van der Waals surface area contributed by atoms with Crippen molar-refractivity contribution in [3.63, 3.8) is 0 Å². The molecule has 1 N–H and O–H groups in total. The first-order chi connectivity index (χ1) is 15.1. The van der Waals surface area contributed by atoms with Gasteiger partial charge in [0.05, 0.1) is 5.75 Å². The SMILES string of the molecule is CCCCn1c(SCC(=O)NCc2ccc(Cl)cc2)nc2c(oc3ccccc32)c1=O. The van der Waals surface area contributed by atoms with Crippen LogP contribution in [0, 0.1) is 0 Å². The van der Waals surface area contributed by atoms with E-state index in [4.69, 9.17) is 21.0 Å². The smallest absolute Gasteiger partial charge is 0.297 e. The predicted molar refractivity (Wildman–Crippen MR) is 125 cm³/mol. The van der Waals surface area contributed by atoms with E-state index in [1.165, 1.54) is 11.8 Å². The van der Waals surface area contributed by atoms with Gasteiger partial charge < -0.3 is 9.73 Å². The lowest BCUT2D eigenvalue weighted by Crippen LogP contribution is -2.26. The van der Waals surface area contributed by atoms with Gasteiger partial charge in [-0.2, -0.15) is 0 Å². The number of unbranched alkanes of at least 4 members (excludes halogenated alkanes) is 1. The molecule has 0 saturated carbocycles. The quantitative estimate of drug-likeness (QED) is 0.298. The largest absolute Gasteiger partial charge is 0.448 e. The standard InChI is InChI=1S/C23H22ClN3O3S/c1-2-3-12-27-22(29)21-20(17-6-4-5-7-18(17)30-21)26-23(27)31-14-19(28)25-13-15-8-10-16(24)11-9-15/h4-11H,2-3,12-14H2,1H3,(H,25,28). The second-order valence-electron chi connectivity index (χ2n) is 7.17. The minimum Gasteiger partial charge on any atom is -0.448 e. The third kappa shape index (κ3) is 4.78. The molecule has 2 aromatic heterocycles. The van der Waals surface area contributed by atoms with Gasteiger partial charge in [-0.15, -0.1) is 0 Å². The van der Waals surface area contributed by atoms with Crippen molar-refractivity contribution < 1.29 is 9.21 Å². The molecule has 6 nitrogen and oxygen atoms in total. The summed E-state index contributed by atoms with van der Waals surface area (Å²) in [5, 5.41) is 4.87. The van der Waals surface area contributed by atoms with Crippen molar-refractivity contribution in [3.8, 4) is 0 Å². The summed E-state index contributed by atoms with van der Waals surface area (Å²) in [6.45, 7) is 3.01. The zero-order valence-electron chi connectivity index (χ0n) is 17.1. The number of hydrogen-bond donors (Lipinski definition) is 1. The van der Waals surface area contributed by atoms with Crippen LogP contribution in [-0.2, 0) is 17.9 Å². The van der Waals surface area contributed by atoms with Crippen LogP contribution in [0.15, 0.2) is 62.9 Å². The summed E-state index contributed by atoms with van der Waals surface area (Å²) in [7, 11) is 0. The molecule has 0 spiro atoms. The molecule has 4 aromatic rings. The van der Waals surface area contributed by atoms with Gasteiger partial charge >= 0.3 is 0 Å². The summed E-state index contributed by atoms with van der Waals surface area (Å²) in [5.74, 6) is 0.0290. The second kappa shape index (κ2) is 9.58. The van der Waals surface area contributed by atoms with Gasteiger partial charge in [0.15, 0.2) is 5.16 Å². The molecule has 0 radical (unpaired) electrons. The van der Waals surface area contributed by atoms with Gasteiger partial charge in [0.2, 0.25) is 11.5 Å².